The highest BCUT2D eigenvalue weighted by atomic mass is 35.5. The first-order valence-corrected chi connectivity index (χ1v) is 6.18. The van der Waals surface area contributed by atoms with Gasteiger partial charge in [-0.1, -0.05) is 31.9 Å². The third-order valence-electron chi connectivity index (χ3n) is 2.77. The predicted molar refractivity (Wildman–Crippen MR) is 73.2 cm³/mol. The van der Waals surface area contributed by atoms with Crippen LogP contribution in [0.5, 0.6) is 0 Å². The molecule has 0 saturated carbocycles. The Labute approximate surface area is 103 Å². The van der Waals surface area contributed by atoms with E-state index in [1.807, 2.05) is 18.2 Å². The monoisotopic (exact) mass is 240 g/mol. The van der Waals surface area contributed by atoms with Crippen LogP contribution in [0.3, 0.4) is 0 Å². The van der Waals surface area contributed by atoms with Crippen LogP contribution in [0.15, 0.2) is 18.2 Å². The molecule has 2 N–H and O–H groups in total. The Morgan fingerprint density at radius 1 is 1.44 bits per heavy atom. The van der Waals surface area contributed by atoms with Crippen LogP contribution in [0, 0.1) is 5.92 Å². The molecule has 0 spiro atoms. The standard InChI is InChI=1S/C13H21ClN2/c1-4-5-10(2)9-16(3)13-8-11(14)6-7-12(13)15/h6-8,10H,4-5,9,15H2,1-3H3. The molecule has 1 atom stereocenters. The molecule has 0 radical (unpaired) electrons. The van der Waals surface area contributed by atoms with Crippen molar-refractivity contribution in [3.05, 3.63) is 23.2 Å². The summed E-state index contributed by atoms with van der Waals surface area (Å²) in [6.07, 6.45) is 2.46. The minimum absolute atomic E-state index is 0.674. The lowest BCUT2D eigenvalue weighted by Crippen LogP contribution is -2.24. The molecule has 0 bridgehead atoms. The zero-order valence-electron chi connectivity index (χ0n) is 10.3. The maximum atomic E-state index is 5.98. The van der Waals surface area contributed by atoms with E-state index in [9.17, 15) is 0 Å². The number of halogens is 1. The lowest BCUT2D eigenvalue weighted by molar-refractivity contribution is 0.524. The van der Waals surface area contributed by atoms with Gasteiger partial charge in [-0.2, -0.15) is 0 Å². The fourth-order valence-electron chi connectivity index (χ4n) is 2.00. The molecule has 1 aromatic carbocycles. The highest BCUT2D eigenvalue weighted by molar-refractivity contribution is 6.31. The van der Waals surface area contributed by atoms with Gasteiger partial charge in [-0.25, -0.2) is 0 Å². The van der Waals surface area contributed by atoms with E-state index in [1.54, 1.807) is 0 Å². The van der Waals surface area contributed by atoms with Gasteiger partial charge in [0.25, 0.3) is 0 Å². The lowest BCUT2D eigenvalue weighted by atomic mass is 10.1. The molecule has 0 aliphatic carbocycles. The molecule has 0 fully saturated rings. The van der Waals surface area contributed by atoms with E-state index in [-0.39, 0.29) is 0 Å². The van der Waals surface area contributed by atoms with Crippen molar-refractivity contribution in [2.24, 2.45) is 5.92 Å². The van der Waals surface area contributed by atoms with Gasteiger partial charge in [0.1, 0.15) is 0 Å². The van der Waals surface area contributed by atoms with Crippen LogP contribution >= 0.6 is 11.6 Å². The Balaban J connectivity index is 2.72. The normalized spacial score (nSPS) is 12.5. The molecule has 1 unspecified atom stereocenters. The predicted octanol–water partition coefficient (Wildman–Crippen LogP) is 3.79. The van der Waals surface area contributed by atoms with Crippen LogP contribution < -0.4 is 10.6 Å². The van der Waals surface area contributed by atoms with Gasteiger partial charge in [0, 0.05) is 18.6 Å². The van der Waals surface area contributed by atoms with Crippen LogP contribution in [-0.2, 0) is 0 Å². The highest BCUT2D eigenvalue weighted by Gasteiger charge is 2.09. The molecule has 0 amide bonds. The van der Waals surface area contributed by atoms with Gasteiger partial charge in [0.2, 0.25) is 0 Å². The van der Waals surface area contributed by atoms with Crippen molar-refractivity contribution < 1.29 is 0 Å². The number of hydrogen-bond acceptors (Lipinski definition) is 2. The fraction of sp³-hybridized carbons (Fsp3) is 0.538. The summed E-state index contributed by atoms with van der Waals surface area (Å²) in [5.41, 5.74) is 7.75. The lowest BCUT2D eigenvalue weighted by Gasteiger charge is -2.24. The molecule has 0 aromatic heterocycles. The van der Waals surface area contributed by atoms with Crippen LogP contribution in [0.4, 0.5) is 11.4 Å². The summed E-state index contributed by atoms with van der Waals surface area (Å²) < 4.78 is 0. The third kappa shape index (κ3) is 3.60. The number of rotatable bonds is 5. The van der Waals surface area contributed by atoms with Gasteiger partial charge < -0.3 is 10.6 Å². The number of anilines is 2. The smallest absolute Gasteiger partial charge is 0.0612 e. The van der Waals surface area contributed by atoms with Crippen molar-refractivity contribution in [1.82, 2.24) is 0 Å². The van der Waals surface area contributed by atoms with E-state index < -0.39 is 0 Å². The van der Waals surface area contributed by atoms with Gasteiger partial charge in [-0.05, 0) is 30.5 Å². The minimum atomic E-state index is 0.674. The molecule has 1 aromatic rings. The van der Waals surface area contributed by atoms with Gasteiger partial charge in [0.15, 0.2) is 0 Å². The maximum Gasteiger partial charge on any atom is 0.0612 e. The Bertz CT molecular complexity index is 339. The summed E-state index contributed by atoms with van der Waals surface area (Å²) >= 11 is 5.98. The zero-order valence-corrected chi connectivity index (χ0v) is 11.1. The molecule has 1 rings (SSSR count). The van der Waals surface area contributed by atoms with Crippen LogP contribution in [-0.4, -0.2) is 13.6 Å². The summed E-state index contributed by atoms with van der Waals surface area (Å²) in [7, 11) is 2.06. The van der Waals surface area contributed by atoms with Crippen molar-refractivity contribution in [2.75, 3.05) is 24.2 Å². The third-order valence-corrected chi connectivity index (χ3v) is 3.01. The number of benzene rings is 1. The molecule has 0 saturated heterocycles. The van der Waals surface area contributed by atoms with Crippen molar-refractivity contribution >= 4 is 23.0 Å². The molecule has 3 heteroatoms. The summed E-state index contributed by atoms with van der Waals surface area (Å²) in [6, 6.07) is 5.61. The van der Waals surface area contributed by atoms with E-state index in [0.29, 0.717) is 5.92 Å². The average Bonchev–Trinajstić information content (AvgIpc) is 2.21. The molecule has 2 nitrogen and oxygen atoms in total. The molecule has 16 heavy (non-hydrogen) atoms. The van der Waals surface area contributed by atoms with Crippen molar-refractivity contribution in [3.8, 4) is 0 Å². The van der Waals surface area contributed by atoms with E-state index in [0.717, 1.165) is 22.9 Å². The average molecular weight is 241 g/mol. The minimum Gasteiger partial charge on any atom is -0.397 e. The summed E-state index contributed by atoms with van der Waals surface area (Å²) in [5, 5.41) is 0.735. The molecule has 90 valence electrons. The number of nitrogen functional groups attached to an aromatic ring is 1. The quantitative estimate of drug-likeness (QED) is 0.794. The number of nitrogens with two attached hydrogens (primary N) is 1. The first-order chi connectivity index (χ1) is 7.54. The van der Waals surface area contributed by atoms with Crippen molar-refractivity contribution in [1.29, 1.82) is 0 Å². The topological polar surface area (TPSA) is 29.3 Å². The second kappa shape index (κ2) is 6.00. The number of nitrogens with zero attached hydrogens (tertiary/aromatic N) is 1. The van der Waals surface area contributed by atoms with E-state index in [1.165, 1.54) is 12.8 Å². The molecular formula is C13H21ClN2. The Morgan fingerprint density at radius 3 is 2.75 bits per heavy atom. The fourth-order valence-corrected chi connectivity index (χ4v) is 2.16. The highest BCUT2D eigenvalue weighted by Crippen LogP contribution is 2.26. The van der Waals surface area contributed by atoms with E-state index in [2.05, 4.69) is 25.8 Å². The van der Waals surface area contributed by atoms with Crippen LogP contribution in [0.2, 0.25) is 5.02 Å². The first kappa shape index (κ1) is 13.2. The Kier molecular flexibility index (Phi) is 4.94. The van der Waals surface area contributed by atoms with Crippen LogP contribution in [0.1, 0.15) is 26.7 Å². The summed E-state index contributed by atoms with van der Waals surface area (Å²) in [4.78, 5) is 2.18. The van der Waals surface area contributed by atoms with Gasteiger partial charge >= 0.3 is 0 Å². The largest absolute Gasteiger partial charge is 0.397 e. The molecule has 0 aliphatic rings. The van der Waals surface area contributed by atoms with Gasteiger partial charge in [-0.15, -0.1) is 0 Å². The first-order valence-electron chi connectivity index (χ1n) is 5.80. The van der Waals surface area contributed by atoms with Gasteiger partial charge in [-0.3, -0.25) is 0 Å². The second-order valence-electron chi connectivity index (χ2n) is 4.48. The molecule has 0 aliphatic heterocycles. The SMILES string of the molecule is CCCC(C)CN(C)c1cc(Cl)ccc1N. The summed E-state index contributed by atoms with van der Waals surface area (Å²) in [5.74, 6) is 0.674. The van der Waals surface area contributed by atoms with E-state index in [4.69, 9.17) is 17.3 Å². The van der Waals surface area contributed by atoms with E-state index >= 15 is 0 Å². The molecular weight excluding hydrogens is 220 g/mol. The maximum absolute atomic E-state index is 5.98. The van der Waals surface area contributed by atoms with Gasteiger partial charge in [0.05, 0.1) is 11.4 Å². The zero-order chi connectivity index (χ0) is 12.1. The number of hydrogen-bond donors (Lipinski definition) is 1. The van der Waals surface area contributed by atoms with Crippen molar-refractivity contribution in [3.63, 3.8) is 0 Å². The Morgan fingerprint density at radius 2 is 2.12 bits per heavy atom. The summed E-state index contributed by atoms with van der Waals surface area (Å²) in [6.45, 7) is 5.49. The van der Waals surface area contributed by atoms with Crippen molar-refractivity contribution in [2.45, 2.75) is 26.7 Å². The molecule has 0 heterocycles. The van der Waals surface area contributed by atoms with Crippen LogP contribution in [0.25, 0.3) is 0 Å². The Hall–Kier alpha value is -0.890. The second-order valence-corrected chi connectivity index (χ2v) is 4.91.